The molecule has 0 fully saturated rings. The standard InChI is InChI=1S/C15H22/c1-2-3-4-5-6-7-8-9-12-15-13-10-11-14-15/h1,10-11,13H,3-9,12,14H2. The summed E-state index contributed by atoms with van der Waals surface area (Å²) in [6, 6.07) is 0. The van der Waals surface area contributed by atoms with Gasteiger partial charge in [-0.3, -0.25) is 0 Å². The second-order valence-corrected chi connectivity index (χ2v) is 4.28. The minimum absolute atomic E-state index is 0.957. The quantitative estimate of drug-likeness (QED) is 0.398. The van der Waals surface area contributed by atoms with E-state index < -0.39 is 0 Å². The van der Waals surface area contributed by atoms with Crippen molar-refractivity contribution in [2.75, 3.05) is 0 Å². The minimum atomic E-state index is 0.957. The van der Waals surface area contributed by atoms with Crippen LogP contribution in [-0.2, 0) is 0 Å². The molecule has 0 unspecified atom stereocenters. The van der Waals surface area contributed by atoms with Gasteiger partial charge in [0.05, 0.1) is 0 Å². The molecule has 0 aliphatic heterocycles. The van der Waals surface area contributed by atoms with Crippen molar-refractivity contribution in [2.45, 2.75) is 57.8 Å². The fraction of sp³-hybridized carbons (Fsp3) is 0.600. The first-order valence-corrected chi connectivity index (χ1v) is 6.21. The second kappa shape index (κ2) is 8.36. The van der Waals surface area contributed by atoms with Crippen molar-refractivity contribution in [1.29, 1.82) is 0 Å². The molecular formula is C15H22. The number of allylic oxidation sites excluding steroid dienone is 4. The van der Waals surface area contributed by atoms with Crippen LogP contribution in [0.2, 0.25) is 0 Å². The molecule has 0 spiro atoms. The van der Waals surface area contributed by atoms with Crippen LogP contribution < -0.4 is 0 Å². The maximum absolute atomic E-state index is 5.20. The molecule has 0 saturated heterocycles. The van der Waals surface area contributed by atoms with E-state index in [0.717, 1.165) is 6.42 Å². The van der Waals surface area contributed by atoms with Gasteiger partial charge in [0.15, 0.2) is 0 Å². The highest BCUT2D eigenvalue weighted by Gasteiger charge is 1.98. The molecule has 0 aromatic heterocycles. The molecule has 0 radical (unpaired) electrons. The zero-order valence-electron chi connectivity index (χ0n) is 9.67. The van der Waals surface area contributed by atoms with Crippen LogP contribution in [0.3, 0.4) is 0 Å². The highest BCUT2D eigenvalue weighted by Crippen LogP contribution is 2.18. The molecule has 15 heavy (non-hydrogen) atoms. The van der Waals surface area contributed by atoms with E-state index >= 15 is 0 Å². The topological polar surface area (TPSA) is 0 Å². The molecule has 0 saturated carbocycles. The Bertz CT molecular complexity index is 250. The van der Waals surface area contributed by atoms with Crippen LogP contribution in [0.5, 0.6) is 0 Å². The van der Waals surface area contributed by atoms with E-state index in [2.05, 4.69) is 24.1 Å². The average molecular weight is 202 g/mol. The highest BCUT2D eigenvalue weighted by atomic mass is 14.0. The Kier molecular flexibility index (Phi) is 6.75. The summed E-state index contributed by atoms with van der Waals surface area (Å²) in [5.41, 5.74) is 1.61. The summed E-state index contributed by atoms with van der Waals surface area (Å²) in [4.78, 5) is 0. The Labute approximate surface area is 94.5 Å². The van der Waals surface area contributed by atoms with Gasteiger partial charge >= 0.3 is 0 Å². The summed E-state index contributed by atoms with van der Waals surface area (Å²) in [5.74, 6) is 2.69. The Balaban J connectivity index is 1.79. The molecule has 0 aromatic carbocycles. The second-order valence-electron chi connectivity index (χ2n) is 4.28. The zero-order valence-corrected chi connectivity index (χ0v) is 9.67. The molecule has 1 aliphatic rings. The lowest BCUT2D eigenvalue weighted by atomic mass is 10.0. The third-order valence-corrected chi connectivity index (χ3v) is 2.92. The van der Waals surface area contributed by atoms with E-state index in [4.69, 9.17) is 6.42 Å². The van der Waals surface area contributed by atoms with Crippen molar-refractivity contribution in [3.63, 3.8) is 0 Å². The van der Waals surface area contributed by atoms with Gasteiger partial charge < -0.3 is 0 Å². The molecule has 0 atom stereocenters. The van der Waals surface area contributed by atoms with Crippen LogP contribution in [-0.4, -0.2) is 0 Å². The van der Waals surface area contributed by atoms with E-state index in [1.165, 1.54) is 51.4 Å². The molecule has 0 heterocycles. The zero-order chi connectivity index (χ0) is 10.8. The average Bonchev–Trinajstić information content (AvgIpc) is 2.75. The summed E-state index contributed by atoms with van der Waals surface area (Å²) in [7, 11) is 0. The third kappa shape index (κ3) is 6.18. The van der Waals surface area contributed by atoms with Gasteiger partial charge in [-0.15, -0.1) is 12.3 Å². The van der Waals surface area contributed by atoms with E-state index in [1.54, 1.807) is 5.57 Å². The van der Waals surface area contributed by atoms with Crippen molar-refractivity contribution in [1.82, 2.24) is 0 Å². The highest BCUT2D eigenvalue weighted by molar-refractivity contribution is 5.22. The fourth-order valence-electron chi connectivity index (χ4n) is 1.96. The summed E-state index contributed by atoms with van der Waals surface area (Å²) >= 11 is 0. The summed E-state index contributed by atoms with van der Waals surface area (Å²) in [6.07, 6.45) is 23.4. The lowest BCUT2D eigenvalue weighted by Gasteiger charge is -2.02. The van der Waals surface area contributed by atoms with Gasteiger partial charge in [0.25, 0.3) is 0 Å². The van der Waals surface area contributed by atoms with Crippen LogP contribution in [0.1, 0.15) is 57.8 Å². The minimum Gasteiger partial charge on any atom is -0.120 e. The van der Waals surface area contributed by atoms with E-state index in [1.807, 2.05) is 0 Å². The van der Waals surface area contributed by atoms with Gasteiger partial charge in [-0.05, 0) is 25.7 Å². The molecule has 0 bridgehead atoms. The Morgan fingerprint density at radius 2 is 1.80 bits per heavy atom. The van der Waals surface area contributed by atoms with Crippen LogP contribution >= 0.6 is 0 Å². The number of terminal acetylenes is 1. The van der Waals surface area contributed by atoms with Crippen LogP contribution in [0, 0.1) is 12.3 Å². The lowest BCUT2D eigenvalue weighted by Crippen LogP contribution is -1.82. The Morgan fingerprint density at radius 1 is 1.07 bits per heavy atom. The fourth-order valence-corrected chi connectivity index (χ4v) is 1.96. The first-order chi connectivity index (χ1) is 7.43. The van der Waals surface area contributed by atoms with Gasteiger partial charge in [-0.1, -0.05) is 49.5 Å². The SMILES string of the molecule is C#CCCCCCCCCC1=CC=CC1. The normalized spacial score (nSPS) is 13.9. The molecule has 0 heteroatoms. The molecule has 0 aromatic rings. The smallest absolute Gasteiger partial charge is 0.00860 e. The first kappa shape index (κ1) is 12.1. The van der Waals surface area contributed by atoms with Crippen LogP contribution in [0.4, 0.5) is 0 Å². The molecule has 0 N–H and O–H groups in total. The summed E-state index contributed by atoms with van der Waals surface area (Å²) in [6.45, 7) is 0. The number of hydrogen-bond acceptors (Lipinski definition) is 0. The van der Waals surface area contributed by atoms with Gasteiger partial charge in [0, 0.05) is 6.42 Å². The van der Waals surface area contributed by atoms with E-state index in [9.17, 15) is 0 Å². The molecule has 1 aliphatic carbocycles. The van der Waals surface area contributed by atoms with Gasteiger partial charge in [-0.25, -0.2) is 0 Å². The summed E-state index contributed by atoms with van der Waals surface area (Å²) < 4.78 is 0. The molecular weight excluding hydrogens is 180 g/mol. The Hall–Kier alpha value is -0.960. The van der Waals surface area contributed by atoms with Crippen molar-refractivity contribution >= 4 is 0 Å². The predicted molar refractivity (Wildman–Crippen MR) is 67.6 cm³/mol. The number of hydrogen-bond donors (Lipinski definition) is 0. The van der Waals surface area contributed by atoms with E-state index in [0.29, 0.717) is 0 Å². The van der Waals surface area contributed by atoms with Gasteiger partial charge in [-0.2, -0.15) is 0 Å². The molecule has 82 valence electrons. The molecule has 0 amide bonds. The maximum Gasteiger partial charge on any atom is 0.00860 e. The van der Waals surface area contributed by atoms with Crippen LogP contribution in [0.25, 0.3) is 0 Å². The van der Waals surface area contributed by atoms with Crippen molar-refractivity contribution in [2.24, 2.45) is 0 Å². The largest absolute Gasteiger partial charge is 0.120 e. The van der Waals surface area contributed by atoms with Gasteiger partial charge in [0.2, 0.25) is 0 Å². The van der Waals surface area contributed by atoms with Crippen LogP contribution in [0.15, 0.2) is 23.8 Å². The molecule has 1 rings (SSSR count). The predicted octanol–water partition coefficient (Wildman–Crippen LogP) is 4.63. The monoisotopic (exact) mass is 202 g/mol. The van der Waals surface area contributed by atoms with Gasteiger partial charge in [0.1, 0.15) is 0 Å². The van der Waals surface area contributed by atoms with Crippen molar-refractivity contribution < 1.29 is 0 Å². The van der Waals surface area contributed by atoms with Crippen molar-refractivity contribution in [3.05, 3.63) is 23.8 Å². The summed E-state index contributed by atoms with van der Waals surface area (Å²) in [5, 5.41) is 0. The van der Waals surface area contributed by atoms with Crippen molar-refractivity contribution in [3.8, 4) is 12.3 Å². The lowest BCUT2D eigenvalue weighted by molar-refractivity contribution is 0.597. The Morgan fingerprint density at radius 3 is 2.47 bits per heavy atom. The van der Waals surface area contributed by atoms with E-state index in [-0.39, 0.29) is 0 Å². The number of rotatable bonds is 8. The first-order valence-electron chi connectivity index (χ1n) is 6.21. The molecule has 0 nitrogen and oxygen atoms in total. The maximum atomic E-state index is 5.20. The third-order valence-electron chi connectivity index (χ3n) is 2.92. The number of unbranched alkanes of at least 4 members (excludes halogenated alkanes) is 6.